The zero-order valence-corrected chi connectivity index (χ0v) is 15.5. The summed E-state index contributed by atoms with van der Waals surface area (Å²) < 4.78 is 21.9. The number of aromatic nitrogens is 2. The minimum atomic E-state index is -2.16. The molecule has 1 aromatic heterocycles. The van der Waals surface area contributed by atoms with Crippen molar-refractivity contribution in [3.8, 4) is 0 Å². The Labute approximate surface area is 158 Å². The number of rotatable bonds is 4. The number of benzene rings is 1. The number of carbonyl (C=O) groups is 2. The van der Waals surface area contributed by atoms with E-state index in [4.69, 9.17) is 4.55 Å². The maximum absolute atomic E-state index is 12.6. The lowest BCUT2D eigenvalue weighted by Crippen LogP contribution is -2.50. The van der Waals surface area contributed by atoms with E-state index in [0.717, 1.165) is 5.69 Å². The molecule has 142 valence electrons. The van der Waals surface area contributed by atoms with Crippen LogP contribution in [0.3, 0.4) is 0 Å². The van der Waals surface area contributed by atoms with Crippen LogP contribution in [0.2, 0.25) is 0 Å². The average Bonchev–Trinajstić information content (AvgIpc) is 2.68. The predicted molar refractivity (Wildman–Crippen MR) is 99.4 cm³/mol. The largest absolute Gasteiger partial charge is 0.335 e. The lowest BCUT2D eigenvalue weighted by atomic mass is 10.1. The summed E-state index contributed by atoms with van der Waals surface area (Å²) in [5.41, 5.74) is 1.97. The number of nitrogens with zero attached hydrogens (tertiary/aromatic N) is 4. The molecular formula is C17H19N5O4S. The molecule has 2 aromatic rings. The Balaban J connectivity index is 1.58. The van der Waals surface area contributed by atoms with E-state index in [2.05, 4.69) is 14.7 Å². The Kier molecular flexibility index (Phi) is 5.77. The van der Waals surface area contributed by atoms with Gasteiger partial charge in [0.05, 0.1) is 11.9 Å². The molecule has 1 aromatic carbocycles. The monoisotopic (exact) mass is 389 g/mol. The Morgan fingerprint density at radius 3 is 2.11 bits per heavy atom. The molecule has 10 heteroatoms. The average molecular weight is 389 g/mol. The third-order valence-electron chi connectivity index (χ3n) is 4.19. The first-order chi connectivity index (χ1) is 12.9. The number of aryl methyl sites for hydroxylation is 1. The molecule has 2 amide bonds. The molecular weight excluding hydrogens is 370 g/mol. The summed E-state index contributed by atoms with van der Waals surface area (Å²) in [5.74, 6) is -0.337. The van der Waals surface area contributed by atoms with Gasteiger partial charge in [0.15, 0.2) is 0 Å². The summed E-state index contributed by atoms with van der Waals surface area (Å²) in [4.78, 5) is 36.6. The molecule has 0 saturated carbocycles. The minimum absolute atomic E-state index is 0.145. The maximum atomic E-state index is 12.6. The third kappa shape index (κ3) is 4.66. The van der Waals surface area contributed by atoms with Gasteiger partial charge in [-0.2, -0.15) is 0 Å². The maximum Gasteiger partial charge on any atom is 0.274 e. The lowest BCUT2D eigenvalue weighted by Gasteiger charge is -2.34. The molecule has 2 N–H and O–H groups in total. The molecule has 1 unspecified atom stereocenters. The Hall–Kier alpha value is -2.85. The van der Waals surface area contributed by atoms with E-state index < -0.39 is 11.3 Å². The van der Waals surface area contributed by atoms with Gasteiger partial charge < -0.3 is 9.80 Å². The molecule has 1 fully saturated rings. The van der Waals surface area contributed by atoms with Gasteiger partial charge in [-0.15, -0.1) is 0 Å². The van der Waals surface area contributed by atoms with Crippen molar-refractivity contribution in [1.29, 1.82) is 0 Å². The van der Waals surface area contributed by atoms with Crippen molar-refractivity contribution >= 4 is 28.8 Å². The molecule has 27 heavy (non-hydrogen) atoms. The van der Waals surface area contributed by atoms with Crippen LogP contribution >= 0.6 is 0 Å². The first kappa shape index (κ1) is 18.9. The molecule has 1 aliphatic rings. The van der Waals surface area contributed by atoms with Crippen molar-refractivity contribution in [2.24, 2.45) is 0 Å². The van der Waals surface area contributed by atoms with Crippen LogP contribution < -0.4 is 4.72 Å². The normalized spacial score (nSPS) is 15.3. The van der Waals surface area contributed by atoms with Crippen molar-refractivity contribution in [3.05, 3.63) is 53.6 Å². The van der Waals surface area contributed by atoms with Crippen LogP contribution in [0.5, 0.6) is 0 Å². The van der Waals surface area contributed by atoms with Gasteiger partial charge in [0, 0.05) is 43.6 Å². The summed E-state index contributed by atoms with van der Waals surface area (Å²) >= 11 is -2.16. The molecule has 0 aliphatic carbocycles. The van der Waals surface area contributed by atoms with Gasteiger partial charge in [0.25, 0.3) is 23.1 Å². The van der Waals surface area contributed by atoms with E-state index in [-0.39, 0.29) is 11.8 Å². The predicted octanol–water partition coefficient (Wildman–Crippen LogP) is 0.932. The molecule has 1 atom stereocenters. The standard InChI is InChI=1S/C17H19N5O4S/c1-12-10-19-15(11-18-12)17(24)22-8-6-21(7-9-22)16(23)13-2-4-14(5-3-13)20-27(25)26/h2-5,10-11,20H,6-9H2,1H3,(H,25,26). The number of hydrogen-bond acceptors (Lipinski definition) is 5. The van der Waals surface area contributed by atoms with Gasteiger partial charge in [-0.05, 0) is 31.2 Å². The number of carbonyl (C=O) groups excluding carboxylic acids is 2. The van der Waals surface area contributed by atoms with Gasteiger partial charge in [-0.3, -0.25) is 23.8 Å². The fourth-order valence-corrected chi connectivity index (χ4v) is 3.08. The highest BCUT2D eigenvalue weighted by molar-refractivity contribution is 7.80. The summed E-state index contributed by atoms with van der Waals surface area (Å²) in [6, 6.07) is 6.32. The summed E-state index contributed by atoms with van der Waals surface area (Å²) in [5, 5.41) is 0. The van der Waals surface area contributed by atoms with E-state index in [0.29, 0.717) is 43.1 Å². The van der Waals surface area contributed by atoms with Crippen LogP contribution in [-0.2, 0) is 11.3 Å². The zero-order chi connectivity index (χ0) is 19.4. The van der Waals surface area contributed by atoms with Gasteiger partial charge in [-0.25, -0.2) is 9.19 Å². The van der Waals surface area contributed by atoms with Crippen LogP contribution in [0.1, 0.15) is 26.5 Å². The van der Waals surface area contributed by atoms with Gasteiger partial charge in [0.2, 0.25) is 0 Å². The van der Waals surface area contributed by atoms with Crippen LogP contribution in [0.25, 0.3) is 0 Å². The molecule has 0 spiro atoms. The van der Waals surface area contributed by atoms with Gasteiger partial charge >= 0.3 is 0 Å². The molecule has 2 heterocycles. The first-order valence-corrected chi connectivity index (χ1v) is 9.39. The Morgan fingerprint density at radius 1 is 1.00 bits per heavy atom. The van der Waals surface area contributed by atoms with Gasteiger partial charge in [0.1, 0.15) is 5.69 Å². The number of anilines is 1. The molecule has 9 nitrogen and oxygen atoms in total. The second kappa shape index (κ2) is 8.23. The smallest absolute Gasteiger partial charge is 0.274 e. The van der Waals surface area contributed by atoms with E-state index >= 15 is 0 Å². The number of amides is 2. The fourth-order valence-electron chi connectivity index (χ4n) is 2.74. The highest BCUT2D eigenvalue weighted by Gasteiger charge is 2.26. The van der Waals surface area contributed by atoms with Crippen molar-refractivity contribution in [2.45, 2.75) is 6.92 Å². The van der Waals surface area contributed by atoms with Crippen LogP contribution in [0.15, 0.2) is 36.7 Å². The lowest BCUT2D eigenvalue weighted by molar-refractivity contribution is 0.0532. The van der Waals surface area contributed by atoms with Crippen molar-refractivity contribution in [2.75, 3.05) is 30.9 Å². The second-order valence-corrected chi connectivity index (χ2v) is 6.76. The SMILES string of the molecule is Cc1cnc(C(=O)N2CCN(C(=O)c3ccc(NS(=O)O)cc3)CC2)cn1. The van der Waals surface area contributed by atoms with Crippen molar-refractivity contribution < 1.29 is 18.4 Å². The van der Waals surface area contributed by atoms with Gasteiger partial charge in [-0.1, -0.05) is 0 Å². The van der Waals surface area contributed by atoms with E-state index in [1.54, 1.807) is 47.2 Å². The summed E-state index contributed by atoms with van der Waals surface area (Å²) in [7, 11) is 0. The number of hydrogen-bond donors (Lipinski definition) is 2. The third-order valence-corrected chi connectivity index (χ3v) is 4.60. The van der Waals surface area contributed by atoms with Crippen LogP contribution in [0, 0.1) is 6.92 Å². The highest BCUT2D eigenvalue weighted by atomic mass is 32.2. The van der Waals surface area contributed by atoms with E-state index in [9.17, 15) is 13.8 Å². The topological polar surface area (TPSA) is 116 Å². The molecule has 0 radical (unpaired) electrons. The number of piperazine rings is 1. The van der Waals surface area contributed by atoms with Crippen LogP contribution in [0.4, 0.5) is 5.69 Å². The van der Waals surface area contributed by atoms with E-state index in [1.165, 1.54) is 6.20 Å². The Bertz CT molecular complexity index is 849. The number of nitrogens with one attached hydrogen (secondary N) is 1. The molecule has 1 saturated heterocycles. The zero-order valence-electron chi connectivity index (χ0n) is 14.7. The quantitative estimate of drug-likeness (QED) is 0.752. The first-order valence-electron chi connectivity index (χ1n) is 8.29. The second-order valence-electron chi connectivity index (χ2n) is 6.06. The van der Waals surface area contributed by atoms with Crippen molar-refractivity contribution in [1.82, 2.24) is 19.8 Å². The summed E-state index contributed by atoms with van der Waals surface area (Å²) in [6.07, 6.45) is 3.02. The van der Waals surface area contributed by atoms with E-state index in [1.807, 2.05) is 0 Å². The highest BCUT2D eigenvalue weighted by Crippen LogP contribution is 2.14. The van der Waals surface area contributed by atoms with Crippen LogP contribution in [-0.4, -0.2) is 66.5 Å². The molecule has 1 aliphatic heterocycles. The van der Waals surface area contributed by atoms with Crippen molar-refractivity contribution in [3.63, 3.8) is 0 Å². The Morgan fingerprint density at radius 2 is 1.59 bits per heavy atom. The minimum Gasteiger partial charge on any atom is -0.335 e. The molecule has 0 bridgehead atoms. The fraction of sp³-hybridized carbons (Fsp3) is 0.294. The summed E-state index contributed by atoms with van der Waals surface area (Å²) in [6.45, 7) is 3.49. The molecule has 3 rings (SSSR count).